The van der Waals surface area contributed by atoms with Crippen LogP contribution in [0.4, 0.5) is 0 Å². The molecule has 0 spiro atoms. The van der Waals surface area contributed by atoms with Gasteiger partial charge in [-0.25, -0.2) is 13.1 Å². The molecule has 1 aliphatic rings. The smallest absolute Gasteiger partial charge is 0.254 e. The fourth-order valence-electron chi connectivity index (χ4n) is 3.63. The van der Waals surface area contributed by atoms with Gasteiger partial charge < -0.3 is 10.1 Å². The van der Waals surface area contributed by atoms with E-state index in [0.717, 1.165) is 27.6 Å². The zero-order chi connectivity index (χ0) is 22.7. The number of ether oxygens (including phenoxy) is 1. The first kappa shape index (κ1) is 22.7. The van der Waals surface area contributed by atoms with E-state index in [2.05, 4.69) is 31.1 Å². The summed E-state index contributed by atoms with van der Waals surface area (Å²) < 4.78 is 36.0. The van der Waals surface area contributed by atoms with Gasteiger partial charge in [-0.2, -0.15) is 5.10 Å². The molecule has 1 amide bonds. The van der Waals surface area contributed by atoms with Crippen molar-refractivity contribution in [2.24, 2.45) is 7.05 Å². The number of hydrogen-bond donors (Lipinski definition) is 2. The zero-order valence-electron chi connectivity index (χ0n) is 17.4. The van der Waals surface area contributed by atoms with Gasteiger partial charge >= 0.3 is 0 Å². The van der Waals surface area contributed by atoms with Crippen LogP contribution >= 0.6 is 15.9 Å². The molecule has 2 unspecified atom stereocenters. The molecular formula is C22H23BrN4O4S. The van der Waals surface area contributed by atoms with Crippen molar-refractivity contribution >= 4 is 31.9 Å². The number of fused-ring (bicyclic) bond motifs is 1. The summed E-state index contributed by atoms with van der Waals surface area (Å²) >= 11 is 3.45. The molecule has 1 aromatic heterocycles. The van der Waals surface area contributed by atoms with Gasteiger partial charge in [0.1, 0.15) is 4.90 Å². The van der Waals surface area contributed by atoms with Crippen LogP contribution in [-0.4, -0.2) is 37.3 Å². The number of benzene rings is 2. The Kier molecular flexibility index (Phi) is 6.75. The number of hydrogen-bond acceptors (Lipinski definition) is 5. The van der Waals surface area contributed by atoms with E-state index >= 15 is 0 Å². The fourth-order valence-corrected chi connectivity index (χ4v) is 5.04. The van der Waals surface area contributed by atoms with Crippen molar-refractivity contribution in [2.45, 2.75) is 23.5 Å². The summed E-state index contributed by atoms with van der Waals surface area (Å²) in [6.45, 7) is 0.418. The molecule has 2 aromatic carbocycles. The average Bonchev–Trinajstić information content (AvgIpc) is 3.24. The zero-order valence-corrected chi connectivity index (χ0v) is 19.8. The Labute approximate surface area is 195 Å². The summed E-state index contributed by atoms with van der Waals surface area (Å²) in [4.78, 5) is 13.3. The predicted octanol–water partition coefficient (Wildman–Crippen LogP) is 2.63. The number of rotatable bonds is 7. The van der Waals surface area contributed by atoms with E-state index in [1.54, 1.807) is 7.05 Å². The van der Waals surface area contributed by atoms with Crippen molar-refractivity contribution in [3.8, 4) is 0 Å². The summed E-state index contributed by atoms with van der Waals surface area (Å²) in [5.41, 5.74) is 2.65. The third-order valence-corrected chi connectivity index (χ3v) is 7.14. The van der Waals surface area contributed by atoms with Gasteiger partial charge in [-0.3, -0.25) is 9.48 Å². The van der Waals surface area contributed by atoms with Gasteiger partial charge in [0.2, 0.25) is 10.0 Å². The van der Waals surface area contributed by atoms with Gasteiger partial charge in [0.05, 0.1) is 18.8 Å². The van der Waals surface area contributed by atoms with Crippen LogP contribution in [0.2, 0.25) is 0 Å². The highest BCUT2D eigenvalue weighted by Crippen LogP contribution is 2.30. The summed E-state index contributed by atoms with van der Waals surface area (Å²) in [6.07, 6.45) is 2.67. The van der Waals surface area contributed by atoms with Crippen LogP contribution in [0.3, 0.4) is 0 Å². The molecule has 8 nitrogen and oxygen atoms in total. The lowest BCUT2D eigenvalue weighted by Crippen LogP contribution is -2.41. The van der Waals surface area contributed by atoms with E-state index in [-0.39, 0.29) is 17.3 Å². The van der Waals surface area contributed by atoms with Gasteiger partial charge in [0, 0.05) is 24.3 Å². The Hall–Kier alpha value is -2.53. The lowest BCUT2D eigenvalue weighted by molar-refractivity contribution is -0.134. The molecule has 2 atom stereocenters. The lowest BCUT2D eigenvalue weighted by Gasteiger charge is -2.28. The van der Waals surface area contributed by atoms with E-state index in [1.165, 1.54) is 17.1 Å². The maximum Gasteiger partial charge on any atom is 0.254 e. The molecule has 168 valence electrons. The Bertz CT molecular complexity index is 1210. The average molecular weight is 519 g/mol. The first-order valence-electron chi connectivity index (χ1n) is 10.1. The highest BCUT2D eigenvalue weighted by molar-refractivity contribution is 9.10. The Morgan fingerprint density at radius 1 is 1.28 bits per heavy atom. The first-order chi connectivity index (χ1) is 15.3. The number of nitrogens with zero attached hydrogens (tertiary/aromatic N) is 2. The van der Waals surface area contributed by atoms with Gasteiger partial charge in [-0.1, -0.05) is 52.3 Å². The van der Waals surface area contributed by atoms with Crippen LogP contribution < -0.4 is 10.0 Å². The topological polar surface area (TPSA) is 102 Å². The first-order valence-corrected chi connectivity index (χ1v) is 12.3. The van der Waals surface area contributed by atoms with Gasteiger partial charge in [-0.05, 0) is 35.2 Å². The molecule has 2 heterocycles. The molecule has 0 fully saturated rings. The van der Waals surface area contributed by atoms with Crippen LogP contribution in [0.15, 0.2) is 70.3 Å². The Morgan fingerprint density at radius 3 is 2.78 bits per heavy atom. The van der Waals surface area contributed by atoms with E-state index < -0.39 is 22.2 Å². The minimum absolute atomic E-state index is 0.0228. The largest absolute Gasteiger partial charge is 0.363 e. The number of aryl methyl sites for hydroxylation is 1. The van der Waals surface area contributed by atoms with Crippen molar-refractivity contribution in [3.05, 3.63) is 82.1 Å². The summed E-state index contributed by atoms with van der Waals surface area (Å²) in [6, 6.07) is 14.5. The maximum absolute atomic E-state index is 13.2. The van der Waals surface area contributed by atoms with E-state index in [4.69, 9.17) is 4.74 Å². The number of amides is 1. The Balaban J connectivity index is 1.55. The molecule has 0 bridgehead atoms. The standard InChI is InChI=1S/C22H23BrN4O4S/c1-27-14-18(12-24-27)32(29,30)25-13-20(16-5-3-2-4-6-16)26-22(28)21-19-11-17(23)8-7-15(19)9-10-31-21/h2-8,11-12,14,20-21,25H,9-10,13H2,1H3,(H,26,28). The number of nitrogens with one attached hydrogen (secondary N) is 2. The summed E-state index contributed by atoms with van der Waals surface area (Å²) in [7, 11) is -2.13. The van der Waals surface area contributed by atoms with Crippen LogP contribution in [-0.2, 0) is 33.0 Å². The number of sulfonamides is 1. The number of carbonyl (C=O) groups excluding carboxylic acids is 1. The number of aromatic nitrogens is 2. The normalized spacial score (nSPS) is 16.9. The maximum atomic E-state index is 13.2. The molecule has 2 N–H and O–H groups in total. The highest BCUT2D eigenvalue weighted by atomic mass is 79.9. The van der Waals surface area contributed by atoms with Crippen LogP contribution in [0.5, 0.6) is 0 Å². The monoisotopic (exact) mass is 518 g/mol. The van der Waals surface area contributed by atoms with E-state index in [9.17, 15) is 13.2 Å². The van der Waals surface area contributed by atoms with Gasteiger partial charge in [-0.15, -0.1) is 0 Å². The van der Waals surface area contributed by atoms with Crippen molar-refractivity contribution in [1.82, 2.24) is 19.8 Å². The van der Waals surface area contributed by atoms with Crippen molar-refractivity contribution in [2.75, 3.05) is 13.2 Å². The molecule has 4 rings (SSSR count). The lowest BCUT2D eigenvalue weighted by atomic mass is 9.96. The molecule has 1 aliphatic heterocycles. The second-order valence-electron chi connectivity index (χ2n) is 7.52. The van der Waals surface area contributed by atoms with E-state index in [1.807, 2.05) is 48.5 Å². The fraction of sp³-hybridized carbons (Fsp3) is 0.273. The molecule has 0 aliphatic carbocycles. The summed E-state index contributed by atoms with van der Waals surface area (Å²) in [5.74, 6) is -0.321. The van der Waals surface area contributed by atoms with Crippen molar-refractivity contribution in [3.63, 3.8) is 0 Å². The van der Waals surface area contributed by atoms with Crippen LogP contribution in [0.1, 0.15) is 28.8 Å². The molecule has 32 heavy (non-hydrogen) atoms. The van der Waals surface area contributed by atoms with Gasteiger partial charge in [0.25, 0.3) is 5.91 Å². The highest BCUT2D eigenvalue weighted by Gasteiger charge is 2.30. The van der Waals surface area contributed by atoms with Crippen molar-refractivity contribution < 1.29 is 17.9 Å². The number of carbonyl (C=O) groups is 1. The number of halogens is 1. The predicted molar refractivity (Wildman–Crippen MR) is 122 cm³/mol. The Morgan fingerprint density at radius 2 is 2.06 bits per heavy atom. The molecule has 0 saturated carbocycles. The quantitative estimate of drug-likeness (QED) is 0.500. The van der Waals surface area contributed by atoms with Crippen molar-refractivity contribution in [1.29, 1.82) is 0 Å². The third-order valence-electron chi connectivity index (χ3n) is 5.27. The molecule has 0 saturated heterocycles. The molecule has 10 heteroatoms. The third kappa shape index (κ3) is 5.09. The molecular weight excluding hydrogens is 496 g/mol. The van der Waals surface area contributed by atoms with Crippen LogP contribution in [0, 0.1) is 0 Å². The van der Waals surface area contributed by atoms with Gasteiger partial charge in [0.15, 0.2) is 6.10 Å². The molecule has 3 aromatic rings. The van der Waals surface area contributed by atoms with Crippen LogP contribution in [0.25, 0.3) is 0 Å². The molecule has 0 radical (unpaired) electrons. The minimum Gasteiger partial charge on any atom is -0.363 e. The summed E-state index contributed by atoms with van der Waals surface area (Å²) in [5, 5.41) is 6.88. The van der Waals surface area contributed by atoms with E-state index in [0.29, 0.717) is 6.61 Å². The second kappa shape index (κ2) is 9.53. The SMILES string of the molecule is Cn1cc(S(=O)(=O)NCC(NC(=O)C2OCCc3ccc(Br)cc32)c2ccccc2)cn1. The second-order valence-corrected chi connectivity index (χ2v) is 10.2. The minimum atomic E-state index is -3.78.